The van der Waals surface area contributed by atoms with E-state index in [1.807, 2.05) is 27.7 Å². The number of hydrogen-bond donors (Lipinski definition) is 1. The first-order chi connectivity index (χ1) is 9.84. The number of hydrogen-bond acceptors (Lipinski definition) is 4. The van der Waals surface area contributed by atoms with Crippen LogP contribution in [0.25, 0.3) is 0 Å². The van der Waals surface area contributed by atoms with Gasteiger partial charge in [-0.05, 0) is 52.3 Å². The molecule has 0 aliphatic carbocycles. The molecule has 1 aromatic carbocycles. The number of esters is 1. The monoisotopic (exact) mass is 293 g/mol. The molecule has 0 aliphatic heterocycles. The van der Waals surface area contributed by atoms with Crippen LogP contribution in [0, 0.1) is 20.8 Å². The fourth-order valence-electron chi connectivity index (χ4n) is 2.47. The fourth-order valence-corrected chi connectivity index (χ4v) is 2.47. The molecule has 0 spiro atoms. The van der Waals surface area contributed by atoms with Gasteiger partial charge in [0, 0.05) is 0 Å². The number of carbonyl (C=O) groups excluding carboxylic acids is 1. The SMILES string of the molecule is CCNC(C)(COc1c(C)cc(C)cc1C)C(=O)OCC. The van der Waals surface area contributed by atoms with Crippen LogP contribution in [0.5, 0.6) is 5.75 Å². The van der Waals surface area contributed by atoms with E-state index in [1.54, 1.807) is 6.92 Å². The fraction of sp³-hybridized carbons (Fsp3) is 0.588. The van der Waals surface area contributed by atoms with E-state index in [4.69, 9.17) is 9.47 Å². The first kappa shape index (κ1) is 17.5. The molecule has 4 nitrogen and oxygen atoms in total. The largest absolute Gasteiger partial charge is 0.490 e. The quantitative estimate of drug-likeness (QED) is 0.785. The van der Waals surface area contributed by atoms with Crippen LogP contribution in [0.1, 0.15) is 37.5 Å². The van der Waals surface area contributed by atoms with Crippen molar-refractivity contribution in [3.63, 3.8) is 0 Å². The Bertz CT molecular complexity index is 476. The van der Waals surface area contributed by atoms with Gasteiger partial charge < -0.3 is 9.47 Å². The number of carbonyl (C=O) groups is 1. The lowest BCUT2D eigenvalue weighted by atomic mass is 10.0. The maximum atomic E-state index is 12.1. The smallest absolute Gasteiger partial charge is 0.329 e. The molecule has 0 saturated heterocycles. The number of rotatable bonds is 7. The van der Waals surface area contributed by atoms with Crippen molar-refractivity contribution in [3.05, 3.63) is 28.8 Å². The van der Waals surface area contributed by atoms with Crippen LogP contribution in [0.3, 0.4) is 0 Å². The Morgan fingerprint density at radius 1 is 1.19 bits per heavy atom. The van der Waals surface area contributed by atoms with Crippen LogP contribution in [-0.4, -0.2) is 31.3 Å². The Labute approximate surface area is 127 Å². The predicted octanol–water partition coefficient (Wildman–Crippen LogP) is 2.92. The molecular formula is C17H27NO3. The molecule has 21 heavy (non-hydrogen) atoms. The zero-order valence-corrected chi connectivity index (χ0v) is 14.0. The summed E-state index contributed by atoms with van der Waals surface area (Å²) in [6, 6.07) is 4.16. The molecule has 0 radical (unpaired) electrons. The summed E-state index contributed by atoms with van der Waals surface area (Å²) in [7, 11) is 0. The van der Waals surface area contributed by atoms with Gasteiger partial charge in [-0.15, -0.1) is 0 Å². The average Bonchev–Trinajstić information content (AvgIpc) is 2.38. The van der Waals surface area contributed by atoms with Crippen molar-refractivity contribution < 1.29 is 14.3 Å². The predicted molar refractivity (Wildman–Crippen MR) is 84.9 cm³/mol. The van der Waals surface area contributed by atoms with E-state index < -0.39 is 5.54 Å². The molecule has 0 aliphatic rings. The summed E-state index contributed by atoms with van der Waals surface area (Å²) in [6.45, 7) is 12.9. The highest BCUT2D eigenvalue weighted by Crippen LogP contribution is 2.25. The minimum Gasteiger partial charge on any atom is -0.490 e. The van der Waals surface area contributed by atoms with Gasteiger partial charge >= 0.3 is 5.97 Å². The van der Waals surface area contributed by atoms with Crippen molar-refractivity contribution >= 4 is 5.97 Å². The second kappa shape index (κ2) is 7.46. The van der Waals surface area contributed by atoms with Gasteiger partial charge in [0.2, 0.25) is 0 Å². The molecule has 0 saturated carbocycles. The van der Waals surface area contributed by atoms with E-state index in [0.717, 1.165) is 16.9 Å². The number of benzene rings is 1. The minimum absolute atomic E-state index is 0.240. The van der Waals surface area contributed by atoms with Crippen molar-refractivity contribution in [1.29, 1.82) is 0 Å². The maximum Gasteiger partial charge on any atom is 0.329 e. The van der Waals surface area contributed by atoms with Crippen LogP contribution in [0.4, 0.5) is 0 Å². The molecule has 0 aromatic heterocycles. The van der Waals surface area contributed by atoms with Crippen LogP contribution >= 0.6 is 0 Å². The molecule has 1 rings (SSSR count). The Morgan fingerprint density at radius 2 is 1.76 bits per heavy atom. The molecule has 118 valence electrons. The first-order valence-corrected chi connectivity index (χ1v) is 7.47. The molecule has 1 aromatic rings. The molecule has 0 fully saturated rings. The molecule has 0 heterocycles. The van der Waals surface area contributed by atoms with Crippen molar-refractivity contribution in [2.24, 2.45) is 0 Å². The van der Waals surface area contributed by atoms with Gasteiger partial charge in [0.25, 0.3) is 0 Å². The Balaban J connectivity index is 2.90. The Kier molecular flexibility index (Phi) is 6.21. The highest BCUT2D eigenvalue weighted by molar-refractivity contribution is 5.80. The number of nitrogens with one attached hydrogen (secondary N) is 1. The van der Waals surface area contributed by atoms with E-state index >= 15 is 0 Å². The minimum atomic E-state index is -0.839. The van der Waals surface area contributed by atoms with E-state index in [1.165, 1.54) is 5.56 Å². The van der Waals surface area contributed by atoms with Crippen LogP contribution in [0.2, 0.25) is 0 Å². The van der Waals surface area contributed by atoms with Crippen molar-refractivity contribution in [2.45, 2.75) is 47.1 Å². The molecule has 1 atom stereocenters. The lowest BCUT2D eigenvalue weighted by Crippen LogP contribution is -2.54. The summed E-state index contributed by atoms with van der Waals surface area (Å²) in [5.74, 6) is 0.559. The first-order valence-electron chi connectivity index (χ1n) is 7.47. The highest BCUT2D eigenvalue weighted by Gasteiger charge is 2.35. The summed E-state index contributed by atoms with van der Waals surface area (Å²) < 4.78 is 11.1. The van der Waals surface area contributed by atoms with E-state index in [0.29, 0.717) is 13.2 Å². The molecule has 1 unspecified atom stereocenters. The average molecular weight is 293 g/mol. The molecule has 1 N–H and O–H groups in total. The summed E-state index contributed by atoms with van der Waals surface area (Å²) in [6.07, 6.45) is 0. The van der Waals surface area contributed by atoms with Gasteiger partial charge in [-0.3, -0.25) is 5.32 Å². The number of ether oxygens (including phenoxy) is 2. The summed E-state index contributed by atoms with van der Waals surface area (Å²) in [4.78, 5) is 12.1. The summed E-state index contributed by atoms with van der Waals surface area (Å²) >= 11 is 0. The number of likely N-dealkylation sites (N-methyl/N-ethyl adjacent to an activating group) is 1. The number of aryl methyl sites for hydroxylation is 3. The lowest BCUT2D eigenvalue weighted by Gasteiger charge is -2.28. The van der Waals surface area contributed by atoms with Gasteiger partial charge in [-0.25, -0.2) is 4.79 Å². The van der Waals surface area contributed by atoms with E-state index in [2.05, 4.69) is 24.4 Å². The van der Waals surface area contributed by atoms with Crippen molar-refractivity contribution in [2.75, 3.05) is 19.8 Å². The van der Waals surface area contributed by atoms with Gasteiger partial charge in [0.1, 0.15) is 17.9 Å². The topological polar surface area (TPSA) is 47.6 Å². The zero-order valence-electron chi connectivity index (χ0n) is 14.0. The van der Waals surface area contributed by atoms with Crippen molar-refractivity contribution in [1.82, 2.24) is 5.32 Å². The van der Waals surface area contributed by atoms with Crippen LogP contribution in [-0.2, 0) is 9.53 Å². The second-order valence-electron chi connectivity index (χ2n) is 5.60. The molecule has 4 heteroatoms. The third-order valence-corrected chi connectivity index (χ3v) is 3.40. The third kappa shape index (κ3) is 4.46. The van der Waals surface area contributed by atoms with Crippen molar-refractivity contribution in [3.8, 4) is 5.75 Å². The van der Waals surface area contributed by atoms with Gasteiger partial charge in [0.05, 0.1) is 6.61 Å². The van der Waals surface area contributed by atoms with E-state index in [-0.39, 0.29) is 12.6 Å². The lowest BCUT2D eigenvalue weighted by molar-refractivity contribution is -0.151. The van der Waals surface area contributed by atoms with Gasteiger partial charge in [0.15, 0.2) is 0 Å². The Hall–Kier alpha value is -1.55. The molecular weight excluding hydrogens is 266 g/mol. The molecule has 0 amide bonds. The Morgan fingerprint density at radius 3 is 2.24 bits per heavy atom. The summed E-state index contributed by atoms with van der Waals surface area (Å²) in [5.41, 5.74) is 2.52. The molecule has 0 bridgehead atoms. The normalized spacial score (nSPS) is 13.6. The maximum absolute atomic E-state index is 12.1. The zero-order chi connectivity index (χ0) is 16.0. The third-order valence-electron chi connectivity index (χ3n) is 3.40. The van der Waals surface area contributed by atoms with Gasteiger partial charge in [-0.1, -0.05) is 24.6 Å². The van der Waals surface area contributed by atoms with Crippen LogP contribution in [0.15, 0.2) is 12.1 Å². The standard InChI is InChI=1S/C17H27NO3/c1-7-18-17(6,16(19)20-8-2)11-21-15-13(4)9-12(3)10-14(15)5/h9-10,18H,7-8,11H2,1-6H3. The highest BCUT2D eigenvalue weighted by atomic mass is 16.5. The van der Waals surface area contributed by atoms with Gasteiger partial charge in [-0.2, -0.15) is 0 Å². The van der Waals surface area contributed by atoms with E-state index in [9.17, 15) is 4.79 Å². The summed E-state index contributed by atoms with van der Waals surface area (Å²) in [5, 5.41) is 3.16. The second-order valence-corrected chi connectivity index (χ2v) is 5.60. The van der Waals surface area contributed by atoms with Crippen LogP contribution < -0.4 is 10.1 Å².